The van der Waals surface area contributed by atoms with E-state index in [1.165, 1.54) is 12.5 Å². The zero-order valence-electron chi connectivity index (χ0n) is 13.1. The highest BCUT2D eigenvalue weighted by Gasteiger charge is 2.27. The fourth-order valence-corrected chi connectivity index (χ4v) is 2.27. The van der Waals surface area contributed by atoms with Crippen molar-refractivity contribution in [3.63, 3.8) is 0 Å². The average molecular weight is 331 g/mol. The molecule has 0 aromatic carbocycles. The van der Waals surface area contributed by atoms with Gasteiger partial charge in [0.1, 0.15) is 12.1 Å². The monoisotopic (exact) mass is 331 g/mol. The maximum absolute atomic E-state index is 11.5. The Bertz CT molecular complexity index is 705. The van der Waals surface area contributed by atoms with Gasteiger partial charge in [-0.25, -0.2) is 9.99 Å². The molecule has 3 rings (SSSR count). The molecule has 2 aromatic heterocycles. The van der Waals surface area contributed by atoms with E-state index >= 15 is 0 Å². The van der Waals surface area contributed by atoms with Crippen LogP contribution in [0.5, 0.6) is 11.6 Å². The number of likely N-dealkylation sites (N-methyl/N-ethyl adjacent to an activating group) is 1. The first kappa shape index (κ1) is 16.0. The molecular weight excluding hydrogens is 314 g/mol. The standard InChI is InChI=1S/C14H17N7O3/c1-19-5-7-20(8-6-19)18-13-12(21(22)23)14(17-10-16-13)24-11-3-2-4-15-9-11/h2-4,9-10H,5-8H2,1H3,(H,16,17,18). The van der Waals surface area contributed by atoms with Crippen molar-refractivity contribution in [2.75, 3.05) is 38.7 Å². The number of nitrogens with zero attached hydrogens (tertiary/aromatic N) is 6. The Hall–Kier alpha value is -2.85. The summed E-state index contributed by atoms with van der Waals surface area (Å²) in [7, 11) is 2.03. The van der Waals surface area contributed by atoms with Crippen molar-refractivity contribution in [3.8, 4) is 11.6 Å². The van der Waals surface area contributed by atoms with Crippen molar-refractivity contribution in [2.45, 2.75) is 0 Å². The summed E-state index contributed by atoms with van der Waals surface area (Å²) in [5, 5.41) is 13.4. The van der Waals surface area contributed by atoms with Crippen LogP contribution in [0.1, 0.15) is 0 Å². The first-order chi connectivity index (χ1) is 11.6. The molecular formula is C14H17N7O3. The van der Waals surface area contributed by atoms with E-state index in [1.807, 2.05) is 12.1 Å². The Labute approximate surface area is 138 Å². The zero-order chi connectivity index (χ0) is 16.9. The lowest BCUT2D eigenvalue weighted by Gasteiger charge is -2.32. The Kier molecular flexibility index (Phi) is 4.77. The van der Waals surface area contributed by atoms with Crippen molar-refractivity contribution in [1.82, 2.24) is 24.9 Å². The van der Waals surface area contributed by atoms with Crippen LogP contribution in [0, 0.1) is 10.1 Å². The van der Waals surface area contributed by atoms with Crippen LogP contribution in [0.25, 0.3) is 0 Å². The molecule has 0 spiro atoms. The molecule has 126 valence electrons. The predicted molar refractivity (Wildman–Crippen MR) is 85.7 cm³/mol. The van der Waals surface area contributed by atoms with Gasteiger partial charge in [-0.15, -0.1) is 0 Å². The van der Waals surface area contributed by atoms with E-state index in [9.17, 15) is 10.1 Å². The van der Waals surface area contributed by atoms with E-state index in [0.29, 0.717) is 5.75 Å². The molecule has 0 saturated carbocycles. The highest BCUT2D eigenvalue weighted by molar-refractivity contribution is 5.61. The number of hydrogen-bond acceptors (Lipinski definition) is 9. The van der Waals surface area contributed by atoms with E-state index in [0.717, 1.165) is 26.2 Å². The number of piperazine rings is 1. The van der Waals surface area contributed by atoms with Gasteiger partial charge in [-0.2, -0.15) is 4.98 Å². The summed E-state index contributed by atoms with van der Waals surface area (Å²) in [5.74, 6) is 0.350. The smallest absolute Gasteiger partial charge is 0.374 e. The molecule has 2 aromatic rings. The van der Waals surface area contributed by atoms with Gasteiger partial charge in [-0.1, -0.05) is 0 Å². The van der Waals surface area contributed by atoms with E-state index in [-0.39, 0.29) is 17.4 Å². The SMILES string of the molecule is CN1CCN(Nc2ncnc(Oc3cccnc3)c2[N+](=O)[O-])CC1. The lowest BCUT2D eigenvalue weighted by molar-refractivity contribution is -0.385. The number of aromatic nitrogens is 3. The average Bonchev–Trinajstić information content (AvgIpc) is 2.58. The zero-order valence-corrected chi connectivity index (χ0v) is 13.1. The van der Waals surface area contributed by atoms with Crippen LogP contribution in [0.4, 0.5) is 11.5 Å². The molecule has 0 amide bonds. The summed E-state index contributed by atoms with van der Waals surface area (Å²) in [6, 6.07) is 3.32. The van der Waals surface area contributed by atoms with E-state index in [4.69, 9.17) is 4.74 Å². The predicted octanol–water partition coefficient (Wildman–Crippen LogP) is 1.15. The third-order valence-corrected chi connectivity index (χ3v) is 3.59. The highest BCUT2D eigenvalue weighted by Crippen LogP contribution is 2.33. The number of rotatable bonds is 5. The van der Waals surface area contributed by atoms with Crippen LogP contribution < -0.4 is 10.2 Å². The van der Waals surface area contributed by atoms with Crippen molar-refractivity contribution in [3.05, 3.63) is 41.0 Å². The number of nitro groups is 1. The quantitative estimate of drug-likeness (QED) is 0.637. The first-order valence-electron chi connectivity index (χ1n) is 7.41. The molecule has 10 nitrogen and oxygen atoms in total. The van der Waals surface area contributed by atoms with E-state index in [2.05, 4.69) is 25.3 Å². The molecule has 1 aliphatic rings. The minimum Gasteiger partial charge on any atom is -0.432 e. The summed E-state index contributed by atoms with van der Waals surface area (Å²) in [6.07, 6.45) is 4.28. The van der Waals surface area contributed by atoms with Crippen LogP contribution in [-0.4, -0.2) is 63.0 Å². The van der Waals surface area contributed by atoms with E-state index < -0.39 is 4.92 Å². The number of hydrazine groups is 1. The second-order valence-electron chi connectivity index (χ2n) is 5.33. The number of pyridine rings is 1. The Morgan fingerprint density at radius 2 is 2.08 bits per heavy atom. The van der Waals surface area contributed by atoms with Crippen molar-refractivity contribution in [2.24, 2.45) is 0 Å². The van der Waals surface area contributed by atoms with Crippen LogP contribution in [0.3, 0.4) is 0 Å². The summed E-state index contributed by atoms with van der Waals surface area (Å²) < 4.78 is 5.50. The largest absolute Gasteiger partial charge is 0.432 e. The summed E-state index contributed by atoms with van der Waals surface area (Å²) in [4.78, 5) is 24.9. The van der Waals surface area contributed by atoms with Gasteiger partial charge in [0.25, 0.3) is 0 Å². The van der Waals surface area contributed by atoms with Gasteiger partial charge in [0, 0.05) is 32.4 Å². The Morgan fingerprint density at radius 3 is 2.75 bits per heavy atom. The summed E-state index contributed by atoms with van der Waals surface area (Å²) >= 11 is 0. The van der Waals surface area contributed by atoms with Crippen LogP contribution in [-0.2, 0) is 0 Å². The topological polar surface area (TPSA) is 110 Å². The minimum atomic E-state index is -0.551. The molecule has 1 aliphatic heterocycles. The molecule has 1 fully saturated rings. The number of ether oxygens (including phenoxy) is 1. The third kappa shape index (κ3) is 3.73. The van der Waals surface area contributed by atoms with Gasteiger partial charge in [-0.05, 0) is 19.2 Å². The van der Waals surface area contributed by atoms with Crippen LogP contribution in [0.2, 0.25) is 0 Å². The molecule has 0 bridgehead atoms. The third-order valence-electron chi connectivity index (χ3n) is 3.59. The molecule has 0 aliphatic carbocycles. The van der Waals surface area contributed by atoms with Crippen molar-refractivity contribution >= 4 is 11.5 Å². The molecule has 24 heavy (non-hydrogen) atoms. The number of hydrogen-bond donors (Lipinski definition) is 1. The lowest BCUT2D eigenvalue weighted by Crippen LogP contribution is -2.47. The normalized spacial score (nSPS) is 15.9. The molecule has 1 saturated heterocycles. The maximum Gasteiger partial charge on any atom is 0.374 e. The second kappa shape index (κ2) is 7.15. The van der Waals surface area contributed by atoms with Gasteiger partial charge in [0.05, 0.1) is 11.1 Å². The molecule has 0 radical (unpaired) electrons. The summed E-state index contributed by atoms with van der Waals surface area (Å²) in [6.45, 7) is 3.20. The molecule has 3 heterocycles. The van der Waals surface area contributed by atoms with Crippen LogP contribution >= 0.6 is 0 Å². The fourth-order valence-electron chi connectivity index (χ4n) is 2.27. The molecule has 0 atom stereocenters. The van der Waals surface area contributed by atoms with E-state index in [1.54, 1.807) is 18.3 Å². The van der Waals surface area contributed by atoms with Gasteiger partial charge in [-0.3, -0.25) is 20.5 Å². The molecule has 1 N–H and O–H groups in total. The fraction of sp³-hybridized carbons (Fsp3) is 0.357. The number of nitrogens with one attached hydrogen (secondary N) is 1. The molecule has 10 heteroatoms. The lowest BCUT2D eigenvalue weighted by atomic mass is 10.4. The maximum atomic E-state index is 11.5. The van der Waals surface area contributed by atoms with Gasteiger partial charge >= 0.3 is 11.6 Å². The van der Waals surface area contributed by atoms with Crippen LogP contribution in [0.15, 0.2) is 30.9 Å². The van der Waals surface area contributed by atoms with Crippen molar-refractivity contribution in [1.29, 1.82) is 0 Å². The first-order valence-corrected chi connectivity index (χ1v) is 7.41. The van der Waals surface area contributed by atoms with Crippen molar-refractivity contribution < 1.29 is 9.66 Å². The number of anilines is 1. The molecule has 0 unspecified atom stereocenters. The second-order valence-corrected chi connectivity index (χ2v) is 5.33. The van der Waals surface area contributed by atoms with Gasteiger partial charge in [0.2, 0.25) is 5.82 Å². The highest BCUT2D eigenvalue weighted by atomic mass is 16.6. The van der Waals surface area contributed by atoms with Gasteiger partial charge in [0.15, 0.2) is 0 Å². The van der Waals surface area contributed by atoms with Gasteiger partial charge < -0.3 is 9.64 Å². The Balaban J connectivity index is 1.84. The minimum absolute atomic E-state index is 0.110. The summed E-state index contributed by atoms with van der Waals surface area (Å²) in [5.41, 5.74) is 2.69. The Morgan fingerprint density at radius 1 is 1.29 bits per heavy atom.